The molecule has 0 aliphatic carbocycles. The highest BCUT2D eigenvalue weighted by Gasteiger charge is 2.05. The van der Waals surface area contributed by atoms with Gasteiger partial charge < -0.3 is 5.32 Å². The van der Waals surface area contributed by atoms with E-state index in [1.54, 1.807) is 25.2 Å². The molecule has 0 fully saturated rings. The van der Waals surface area contributed by atoms with Crippen molar-refractivity contribution in [1.29, 1.82) is 0 Å². The molecule has 17 heavy (non-hydrogen) atoms. The second-order valence-electron chi connectivity index (χ2n) is 3.18. The first-order chi connectivity index (χ1) is 8.02. The highest BCUT2D eigenvalue weighted by Crippen LogP contribution is 2.22. The van der Waals surface area contributed by atoms with Crippen LogP contribution in [0.15, 0.2) is 18.2 Å². The van der Waals surface area contributed by atoms with Crippen molar-refractivity contribution in [2.75, 3.05) is 7.05 Å². The molecule has 1 aromatic carbocycles. The van der Waals surface area contributed by atoms with Gasteiger partial charge in [0.1, 0.15) is 0 Å². The second kappa shape index (κ2) is 6.64. The van der Waals surface area contributed by atoms with Gasteiger partial charge in [-0.2, -0.15) is 0 Å². The summed E-state index contributed by atoms with van der Waals surface area (Å²) in [5.74, 6) is -0.221. The van der Waals surface area contributed by atoms with Gasteiger partial charge in [-0.15, -0.1) is 0 Å². The molecule has 7 heteroatoms. The van der Waals surface area contributed by atoms with Crippen LogP contribution in [0.4, 0.5) is 0 Å². The van der Waals surface area contributed by atoms with Crippen LogP contribution in [0.25, 0.3) is 0 Å². The molecule has 0 aliphatic rings. The van der Waals surface area contributed by atoms with E-state index < -0.39 is 0 Å². The van der Waals surface area contributed by atoms with Gasteiger partial charge in [0.2, 0.25) is 5.91 Å². The number of carbonyl (C=O) groups excluding carboxylic acids is 1. The molecule has 1 aromatic rings. The number of hydrogen-bond acceptors (Lipinski definition) is 2. The average Bonchev–Trinajstić information content (AvgIpc) is 2.31. The molecule has 0 aromatic heterocycles. The Morgan fingerprint density at radius 3 is 2.59 bits per heavy atom. The molecule has 0 spiro atoms. The summed E-state index contributed by atoms with van der Waals surface area (Å²) in [6.07, 6.45) is 0.191. The Kier molecular flexibility index (Phi) is 5.47. The van der Waals surface area contributed by atoms with E-state index >= 15 is 0 Å². The summed E-state index contributed by atoms with van der Waals surface area (Å²) in [7, 11) is 1.65. The third kappa shape index (κ3) is 4.77. The maximum absolute atomic E-state index is 11.5. The molecule has 0 radical (unpaired) electrons. The van der Waals surface area contributed by atoms with E-state index in [-0.39, 0.29) is 12.3 Å². The van der Waals surface area contributed by atoms with Gasteiger partial charge in [-0.3, -0.25) is 15.6 Å². The lowest BCUT2D eigenvalue weighted by molar-refractivity contribution is -0.121. The van der Waals surface area contributed by atoms with Gasteiger partial charge in [-0.1, -0.05) is 29.3 Å². The van der Waals surface area contributed by atoms with E-state index in [0.717, 1.165) is 5.56 Å². The van der Waals surface area contributed by atoms with Gasteiger partial charge in [0.25, 0.3) is 0 Å². The normalized spacial score (nSPS) is 9.59. The Labute approximate surface area is 115 Å². The Morgan fingerprint density at radius 1 is 1.29 bits per heavy atom. The molecule has 4 nitrogen and oxygen atoms in total. The fourth-order valence-corrected chi connectivity index (χ4v) is 1.44. The number of benzene rings is 1. The first-order valence-electron chi connectivity index (χ1n) is 4.73. The zero-order valence-corrected chi connectivity index (χ0v) is 11.3. The van der Waals surface area contributed by atoms with Crippen molar-refractivity contribution in [1.82, 2.24) is 16.2 Å². The molecule has 1 amide bonds. The molecule has 0 atom stereocenters. The molecular formula is C10H11Cl2N3OS. The van der Waals surface area contributed by atoms with Gasteiger partial charge in [-0.25, -0.2) is 0 Å². The number of hydrazine groups is 1. The molecule has 0 unspecified atom stereocenters. The van der Waals surface area contributed by atoms with Crippen LogP contribution < -0.4 is 16.2 Å². The molecule has 0 saturated heterocycles. The summed E-state index contributed by atoms with van der Waals surface area (Å²) in [6.45, 7) is 0. The summed E-state index contributed by atoms with van der Waals surface area (Å²) in [5, 5.41) is 3.90. The SMILES string of the molecule is CNC(=S)NNC(=O)Cc1ccc(Cl)c(Cl)c1. The lowest BCUT2D eigenvalue weighted by atomic mass is 10.1. The standard InChI is InChI=1S/C10H11Cl2N3OS/c1-13-10(17)15-14-9(16)5-6-2-3-7(11)8(12)4-6/h2-4H,5H2,1H3,(H,14,16)(H2,13,15,17). The van der Waals surface area contributed by atoms with Crippen molar-refractivity contribution in [2.24, 2.45) is 0 Å². The summed E-state index contributed by atoms with van der Waals surface area (Å²) in [5.41, 5.74) is 5.76. The van der Waals surface area contributed by atoms with E-state index in [1.165, 1.54) is 0 Å². The third-order valence-electron chi connectivity index (χ3n) is 1.89. The van der Waals surface area contributed by atoms with E-state index in [0.29, 0.717) is 15.2 Å². The Hall–Kier alpha value is -1.04. The fourth-order valence-electron chi connectivity index (χ4n) is 1.07. The molecule has 0 aliphatic heterocycles. The minimum Gasteiger partial charge on any atom is -0.364 e. The van der Waals surface area contributed by atoms with Crippen LogP contribution in [0.2, 0.25) is 10.0 Å². The first kappa shape index (κ1) is 14.0. The van der Waals surface area contributed by atoms with Crippen molar-refractivity contribution in [3.8, 4) is 0 Å². The number of nitrogens with one attached hydrogen (secondary N) is 3. The quantitative estimate of drug-likeness (QED) is 0.573. The highest BCUT2D eigenvalue weighted by molar-refractivity contribution is 7.80. The van der Waals surface area contributed by atoms with Gasteiger partial charge in [0.05, 0.1) is 16.5 Å². The van der Waals surface area contributed by atoms with Crippen molar-refractivity contribution >= 4 is 46.4 Å². The second-order valence-corrected chi connectivity index (χ2v) is 4.40. The summed E-state index contributed by atoms with van der Waals surface area (Å²) in [6, 6.07) is 5.04. The van der Waals surface area contributed by atoms with Crippen molar-refractivity contribution in [3.63, 3.8) is 0 Å². The van der Waals surface area contributed by atoms with E-state index in [2.05, 4.69) is 16.2 Å². The predicted molar refractivity (Wildman–Crippen MR) is 73.1 cm³/mol. The lowest BCUT2D eigenvalue weighted by Crippen LogP contribution is -2.46. The van der Waals surface area contributed by atoms with Crippen LogP contribution in [-0.4, -0.2) is 18.1 Å². The number of thiocarbonyl (C=S) groups is 1. The van der Waals surface area contributed by atoms with Crippen molar-refractivity contribution < 1.29 is 4.79 Å². The Morgan fingerprint density at radius 2 is 2.00 bits per heavy atom. The zero-order valence-electron chi connectivity index (χ0n) is 9.01. The largest absolute Gasteiger partial charge is 0.364 e. The Balaban J connectivity index is 2.50. The van der Waals surface area contributed by atoms with E-state index in [1.807, 2.05) is 0 Å². The van der Waals surface area contributed by atoms with Crippen LogP contribution in [-0.2, 0) is 11.2 Å². The van der Waals surface area contributed by atoms with Gasteiger partial charge in [0, 0.05) is 7.05 Å². The third-order valence-corrected chi connectivity index (χ3v) is 2.94. The predicted octanol–water partition coefficient (Wildman–Crippen LogP) is 1.66. The van der Waals surface area contributed by atoms with Crippen molar-refractivity contribution in [2.45, 2.75) is 6.42 Å². The smallest absolute Gasteiger partial charge is 0.242 e. The molecule has 0 bridgehead atoms. The molecule has 3 N–H and O–H groups in total. The summed E-state index contributed by atoms with van der Waals surface area (Å²) < 4.78 is 0. The number of hydrogen-bond donors (Lipinski definition) is 3. The van der Waals surface area contributed by atoms with Crippen molar-refractivity contribution in [3.05, 3.63) is 33.8 Å². The number of amides is 1. The maximum Gasteiger partial charge on any atom is 0.242 e. The number of halogens is 2. The van der Waals surface area contributed by atoms with E-state index in [4.69, 9.17) is 35.4 Å². The highest BCUT2D eigenvalue weighted by atomic mass is 35.5. The van der Waals surface area contributed by atoms with Crippen LogP contribution in [0.3, 0.4) is 0 Å². The van der Waals surface area contributed by atoms with Crippen LogP contribution in [0, 0.1) is 0 Å². The lowest BCUT2D eigenvalue weighted by Gasteiger charge is -2.09. The minimum atomic E-state index is -0.221. The van der Waals surface area contributed by atoms with Gasteiger partial charge in [-0.05, 0) is 29.9 Å². The zero-order chi connectivity index (χ0) is 12.8. The van der Waals surface area contributed by atoms with Gasteiger partial charge >= 0.3 is 0 Å². The molecular weight excluding hydrogens is 281 g/mol. The maximum atomic E-state index is 11.5. The first-order valence-corrected chi connectivity index (χ1v) is 5.90. The average molecular weight is 292 g/mol. The number of rotatable bonds is 2. The van der Waals surface area contributed by atoms with Crippen LogP contribution in [0.1, 0.15) is 5.56 Å². The van der Waals surface area contributed by atoms with Crippen LogP contribution in [0.5, 0.6) is 0 Å². The molecule has 0 saturated carbocycles. The van der Waals surface area contributed by atoms with Gasteiger partial charge in [0.15, 0.2) is 5.11 Å². The van der Waals surface area contributed by atoms with E-state index in [9.17, 15) is 4.79 Å². The molecule has 1 rings (SSSR count). The molecule has 92 valence electrons. The number of carbonyl (C=O) groups is 1. The summed E-state index contributed by atoms with van der Waals surface area (Å²) >= 11 is 16.4. The minimum absolute atomic E-state index is 0.191. The fraction of sp³-hybridized carbons (Fsp3) is 0.200. The molecule has 0 heterocycles. The monoisotopic (exact) mass is 291 g/mol. The van der Waals surface area contributed by atoms with Crippen LogP contribution >= 0.6 is 35.4 Å². The topological polar surface area (TPSA) is 53.2 Å². The Bertz CT molecular complexity index is 440. The summed E-state index contributed by atoms with van der Waals surface area (Å²) in [4.78, 5) is 11.5.